The van der Waals surface area contributed by atoms with Crippen molar-refractivity contribution in [3.63, 3.8) is 0 Å². The van der Waals surface area contributed by atoms with Gasteiger partial charge >= 0.3 is 142 Å². The van der Waals surface area contributed by atoms with Crippen LogP contribution < -0.4 is 0 Å². The molecule has 0 spiro atoms. The molecule has 0 rings (SSSR count). The molecular formula is C19H36O2Sn. The molecular weight excluding hydrogens is 379 g/mol. The van der Waals surface area contributed by atoms with E-state index in [2.05, 4.69) is 32.1 Å². The first-order valence-electron chi connectivity index (χ1n) is 8.97. The van der Waals surface area contributed by atoms with Gasteiger partial charge in [0.15, 0.2) is 0 Å². The van der Waals surface area contributed by atoms with E-state index in [9.17, 15) is 4.79 Å². The van der Waals surface area contributed by atoms with Crippen molar-refractivity contribution in [3.05, 3.63) is 24.3 Å². The van der Waals surface area contributed by atoms with Crippen LogP contribution in [-0.4, -0.2) is 31.5 Å². The van der Waals surface area contributed by atoms with Crippen LogP contribution in [0.5, 0.6) is 0 Å². The van der Waals surface area contributed by atoms with Gasteiger partial charge in [0.05, 0.1) is 0 Å². The quantitative estimate of drug-likeness (QED) is 0.157. The number of allylic oxidation sites excluding steroid dienone is 2. The minimum atomic E-state index is -2.16. The molecule has 3 heteroatoms. The van der Waals surface area contributed by atoms with Gasteiger partial charge in [-0.1, -0.05) is 0 Å². The van der Waals surface area contributed by atoms with Crippen LogP contribution in [0, 0.1) is 0 Å². The molecule has 0 aliphatic carbocycles. The Morgan fingerprint density at radius 3 is 1.77 bits per heavy atom. The molecule has 0 fully saturated rings. The van der Waals surface area contributed by atoms with Crippen LogP contribution in [0.3, 0.4) is 0 Å². The molecule has 0 radical (unpaired) electrons. The number of unbranched alkanes of at least 4 members (excludes halogenated alkanes) is 3. The first-order valence-corrected chi connectivity index (χ1v) is 17.0. The third-order valence-electron chi connectivity index (χ3n) is 4.44. The molecule has 0 aromatic rings. The predicted octanol–water partition coefficient (Wildman–Crippen LogP) is 6.12. The second kappa shape index (κ2) is 13.2. The van der Waals surface area contributed by atoms with Crippen molar-refractivity contribution < 1.29 is 9.53 Å². The fourth-order valence-corrected chi connectivity index (χ4v) is 19.3. The zero-order valence-electron chi connectivity index (χ0n) is 15.2. The third-order valence-corrected chi connectivity index (χ3v) is 20.0. The number of esters is 1. The van der Waals surface area contributed by atoms with Crippen molar-refractivity contribution in [2.75, 3.05) is 7.11 Å². The second-order valence-corrected chi connectivity index (χ2v) is 20.4. The van der Waals surface area contributed by atoms with Crippen LogP contribution in [0.1, 0.15) is 59.3 Å². The van der Waals surface area contributed by atoms with Gasteiger partial charge in [-0.3, -0.25) is 0 Å². The van der Waals surface area contributed by atoms with Crippen molar-refractivity contribution >= 4 is 24.3 Å². The normalized spacial score (nSPS) is 11.8. The summed E-state index contributed by atoms with van der Waals surface area (Å²) in [5.74, 6) is -0.280. The minimum absolute atomic E-state index is 0.280. The summed E-state index contributed by atoms with van der Waals surface area (Å²) in [6.45, 7) is 11.1. The number of rotatable bonds is 13. The fraction of sp³-hybridized carbons (Fsp3) is 0.737. The van der Waals surface area contributed by atoms with Gasteiger partial charge in [0.25, 0.3) is 0 Å². The molecule has 22 heavy (non-hydrogen) atoms. The van der Waals surface area contributed by atoms with Gasteiger partial charge in [-0.25, -0.2) is 0 Å². The van der Waals surface area contributed by atoms with E-state index in [1.807, 2.05) is 6.08 Å². The summed E-state index contributed by atoms with van der Waals surface area (Å²) in [4.78, 5) is 11.3. The molecule has 0 atom stereocenters. The Labute approximate surface area is 142 Å². The number of hydrogen-bond acceptors (Lipinski definition) is 2. The van der Waals surface area contributed by atoms with E-state index >= 15 is 0 Å². The van der Waals surface area contributed by atoms with E-state index in [1.165, 1.54) is 69.5 Å². The number of ether oxygens (including phenoxy) is 1. The Morgan fingerprint density at radius 2 is 1.41 bits per heavy atom. The number of carbonyl (C=O) groups excluding carboxylic acids is 1. The Morgan fingerprint density at radius 1 is 0.955 bits per heavy atom. The summed E-state index contributed by atoms with van der Waals surface area (Å²) in [5, 5.41) is 0. The molecule has 0 N–H and O–H groups in total. The molecule has 0 aliphatic rings. The third kappa shape index (κ3) is 9.70. The molecule has 0 aliphatic heterocycles. The number of carbonyl (C=O) groups is 1. The van der Waals surface area contributed by atoms with E-state index in [-0.39, 0.29) is 5.97 Å². The molecule has 2 nitrogen and oxygen atoms in total. The Hall–Kier alpha value is -0.251. The Kier molecular flexibility index (Phi) is 13.1. The Bertz CT molecular complexity index is 326. The van der Waals surface area contributed by atoms with Gasteiger partial charge in [-0.15, -0.1) is 0 Å². The predicted molar refractivity (Wildman–Crippen MR) is 100 cm³/mol. The van der Waals surface area contributed by atoms with Crippen molar-refractivity contribution in [2.24, 2.45) is 0 Å². The van der Waals surface area contributed by atoms with Crippen LogP contribution >= 0.6 is 0 Å². The standard InChI is InChI=1S/C7H9O2.3C4H9.Sn/c1-6(2)4-5-7(8)9-3;3*1-3-4-2;/h4-5H,1-2H2,3H3;3*1,3-4H2,2H3;/b5-4+;;;;. The topological polar surface area (TPSA) is 26.3 Å². The zero-order valence-corrected chi connectivity index (χ0v) is 18.1. The van der Waals surface area contributed by atoms with Gasteiger partial charge in [0.2, 0.25) is 0 Å². The number of methoxy groups -OCH3 is 1. The first-order chi connectivity index (χ1) is 10.5. The van der Waals surface area contributed by atoms with Gasteiger partial charge in [0, 0.05) is 0 Å². The molecule has 0 aromatic carbocycles. The molecule has 0 aromatic heterocycles. The summed E-state index contributed by atoms with van der Waals surface area (Å²) >= 11 is -2.16. The van der Waals surface area contributed by atoms with E-state index in [0.717, 1.165) is 5.57 Å². The van der Waals surface area contributed by atoms with E-state index < -0.39 is 18.4 Å². The molecule has 128 valence electrons. The molecule has 0 heterocycles. The first kappa shape index (κ1) is 21.7. The Balaban J connectivity index is 4.93. The average molecular weight is 415 g/mol. The summed E-state index contributed by atoms with van der Waals surface area (Å²) in [5.41, 5.74) is 1.14. The summed E-state index contributed by atoms with van der Waals surface area (Å²) in [6, 6.07) is 0. The van der Waals surface area contributed by atoms with Crippen LogP contribution in [-0.2, 0) is 9.53 Å². The SMILES string of the molecule is C=C(/C=C/C(=O)OC)[CH2][Sn]([CH2]CCC)([CH2]CCC)[CH2]CCC. The number of hydrogen-bond donors (Lipinski definition) is 0. The zero-order chi connectivity index (χ0) is 16.8. The van der Waals surface area contributed by atoms with Gasteiger partial charge in [0.1, 0.15) is 0 Å². The summed E-state index contributed by atoms with van der Waals surface area (Å²) in [6.07, 6.45) is 11.4. The maximum atomic E-state index is 11.3. The molecule has 0 saturated carbocycles. The van der Waals surface area contributed by atoms with Crippen molar-refractivity contribution in [1.29, 1.82) is 0 Å². The molecule has 0 saturated heterocycles. The van der Waals surface area contributed by atoms with Crippen molar-refractivity contribution in [2.45, 2.75) is 77.0 Å². The van der Waals surface area contributed by atoms with Gasteiger partial charge < -0.3 is 0 Å². The van der Waals surface area contributed by atoms with Crippen molar-refractivity contribution in [1.82, 2.24) is 0 Å². The van der Waals surface area contributed by atoms with E-state index in [4.69, 9.17) is 0 Å². The van der Waals surface area contributed by atoms with Crippen LogP contribution in [0.25, 0.3) is 0 Å². The summed E-state index contributed by atoms with van der Waals surface area (Å²) in [7, 11) is 1.42. The van der Waals surface area contributed by atoms with Crippen LogP contribution in [0.4, 0.5) is 0 Å². The summed E-state index contributed by atoms with van der Waals surface area (Å²) < 4.78 is 10.3. The average Bonchev–Trinajstić information content (AvgIpc) is 2.53. The molecule has 0 bridgehead atoms. The second-order valence-electron chi connectivity index (χ2n) is 6.50. The van der Waals surface area contributed by atoms with Crippen LogP contribution in [0.15, 0.2) is 24.3 Å². The van der Waals surface area contributed by atoms with Gasteiger partial charge in [-0.2, -0.15) is 0 Å². The van der Waals surface area contributed by atoms with Crippen LogP contribution in [0.2, 0.25) is 17.7 Å². The van der Waals surface area contributed by atoms with E-state index in [1.54, 1.807) is 0 Å². The van der Waals surface area contributed by atoms with Crippen molar-refractivity contribution in [3.8, 4) is 0 Å². The fourth-order valence-electron chi connectivity index (χ4n) is 3.09. The van der Waals surface area contributed by atoms with E-state index in [0.29, 0.717) is 0 Å². The van der Waals surface area contributed by atoms with Gasteiger partial charge in [-0.05, 0) is 0 Å². The molecule has 0 unspecified atom stereocenters. The monoisotopic (exact) mass is 416 g/mol. The molecule has 0 amide bonds. The maximum absolute atomic E-state index is 11.3.